The molecule has 8 heteroatoms. The van der Waals surface area contributed by atoms with Crippen molar-refractivity contribution in [1.82, 2.24) is 14.9 Å². The Morgan fingerprint density at radius 2 is 2.00 bits per heavy atom. The summed E-state index contributed by atoms with van der Waals surface area (Å²) in [5.41, 5.74) is 1.63. The number of halogens is 3. The standard InChI is InChI=1S/C16H20F3N3O2/c1-8-20-14-11-6-10(11)13(7-12(14)15(23)21-8)22-4-2-9(3-5-22)24-16(17,18)19/h9-11,13H,2-7H2,1H3,(H,20,21,23). The van der Waals surface area contributed by atoms with Crippen LogP contribution in [-0.4, -0.2) is 46.5 Å². The van der Waals surface area contributed by atoms with Crippen LogP contribution in [-0.2, 0) is 11.2 Å². The third-order valence-corrected chi connectivity index (χ3v) is 5.51. The number of hydrogen-bond donors (Lipinski definition) is 1. The predicted molar refractivity (Wildman–Crippen MR) is 79.7 cm³/mol. The van der Waals surface area contributed by atoms with Crippen LogP contribution in [0, 0.1) is 12.8 Å². The third-order valence-electron chi connectivity index (χ3n) is 5.51. The lowest BCUT2D eigenvalue weighted by Gasteiger charge is -2.39. The van der Waals surface area contributed by atoms with Gasteiger partial charge in [0, 0.05) is 30.6 Å². The zero-order chi connectivity index (χ0) is 17.1. The molecule has 0 aromatic carbocycles. The number of nitrogens with one attached hydrogen (secondary N) is 1. The van der Waals surface area contributed by atoms with Gasteiger partial charge < -0.3 is 4.98 Å². The number of nitrogens with zero attached hydrogens (tertiary/aromatic N) is 2. The highest BCUT2D eigenvalue weighted by molar-refractivity contribution is 5.33. The number of aryl methyl sites for hydroxylation is 1. The molecule has 0 amide bonds. The number of alkyl halides is 3. The number of ether oxygens (including phenoxy) is 1. The number of aromatic amines is 1. The number of aromatic nitrogens is 2. The number of fused-ring (bicyclic) bond motifs is 3. The van der Waals surface area contributed by atoms with E-state index in [2.05, 4.69) is 19.6 Å². The average Bonchev–Trinajstić information content (AvgIpc) is 3.27. The van der Waals surface area contributed by atoms with E-state index in [0.717, 1.165) is 17.7 Å². The molecule has 5 nitrogen and oxygen atoms in total. The van der Waals surface area contributed by atoms with Crippen LogP contribution in [0.25, 0.3) is 0 Å². The average molecular weight is 343 g/mol. The fourth-order valence-electron chi connectivity index (χ4n) is 4.37. The fourth-order valence-corrected chi connectivity index (χ4v) is 4.37. The quantitative estimate of drug-likeness (QED) is 0.894. The molecule has 2 fully saturated rings. The Morgan fingerprint density at radius 3 is 2.67 bits per heavy atom. The predicted octanol–water partition coefficient (Wildman–Crippen LogP) is 2.11. The molecule has 3 atom stereocenters. The minimum absolute atomic E-state index is 0.0665. The van der Waals surface area contributed by atoms with E-state index >= 15 is 0 Å². The Morgan fingerprint density at radius 1 is 1.29 bits per heavy atom. The first-order valence-electron chi connectivity index (χ1n) is 8.40. The van der Waals surface area contributed by atoms with E-state index < -0.39 is 12.5 Å². The zero-order valence-corrected chi connectivity index (χ0v) is 13.4. The third kappa shape index (κ3) is 2.97. The molecule has 0 radical (unpaired) electrons. The second-order valence-corrected chi connectivity index (χ2v) is 7.09. The first-order chi connectivity index (χ1) is 11.3. The lowest BCUT2D eigenvalue weighted by Crippen LogP contribution is -2.48. The topological polar surface area (TPSA) is 58.2 Å². The molecule has 1 N–H and O–H groups in total. The highest BCUT2D eigenvalue weighted by Crippen LogP contribution is 2.54. The van der Waals surface area contributed by atoms with Crippen LogP contribution >= 0.6 is 0 Å². The summed E-state index contributed by atoms with van der Waals surface area (Å²) in [6.07, 6.45) is -2.89. The van der Waals surface area contributed by atoms with Crippen molar-refractivity contribution in [2.75, 3.05) is 13.1 Å². The van der Waals surface area contributed by atoms with Crippen molar-refractivity contribution < 1.29 is 17.9 Å². The number of H-pyrrole nitrogens is 1. The first-order valence-corrected chi connectivity index (χ1v) is 8.40. The Hall–Kier alpha value is -1.41. The number of likely N-dealkylation sites (tertiary alicyclic amines) is 1. The van der Waals surface area contributed by atoms with Gasteiger partial charge >= 0.3 is 6.36 Å². The van der Waals surface area contributed by atoms with Gasteiger partial charge in [-0.2, -0.15) is 0 Å². The molecule has 132 valence electrons. The molecule has 24 heavy (non-hydrogen) atoms. The van der Waals surface area contributed by atoms with Crippen molar-refractivity contribution in [3.8, 4) is 0 Å². The molecule has 4 rings (SSSR count). The molecule has 1 saturated carbocycles. The molecule has 3 aliphatic rings. The molecular weight excluding hydrogens is 323 g/mol. The number of hydrogen-bond acceptors (Lipinski definition) is 4. The van der Waals surface area contributed by atoms with E-state index in [1.807, 2.05) is 0 Å². The maximum atomic E-state index is 12.3. The van der Waals surface area contributed by atoms with Crippen molar-refractivity contribution in [2.24, 2.45) is 5.92 Å². The zero-order valence-electron chi connectivity index (χ0n) is 13.4. The van der Waals surface area contributed by atoms with Crippen LogP contribution in [0.2, 0.25) is 0 Å². The molecule has 2 heterocycles. The van der Waals surface area contributed by atoms with Gasteiger partial charge in [0.15, 0.2) is 0 Å². The van der Waals surface area contributed by atoms with Crippen molar-refractivity contribution in [3.05, 3.63) is 27.4 Å². The molecule has 0 bridgehead atoms. The molecule has 1 aliphatic heterocycles. The smallest absolute Gasteiger partial charge is 0.311 e. The second-order valence-electron chi connectivity index (χ2n) is 7.09. The van der Waals surface area contributed by atoms with Gasteiger partial charge in [0.05, 0.1) is 11.8 Å². The van der Waals surface area contributed by atoms with E-state index in [1.165, 1.54) is 0 Å². The molecule has 2 aliphatic carbocycles. The van der Waals surface area contributed by atoms with Crippen molar-refractivity contribution in [2.45, 2.75) is 57.0 Å². The van der Waals surface area contributed by atoms with Gasteiger partial charge in [-0.25, -0.2) is 4.98 Å². The van der Waals surface area contributed by atoms with Gasteiger partial charge in [-0.15, -0.1) is 13.2 Å². The lowest BCUT2D eigenvalue weighted by atomic mass is 9.90. The molecular formula is C16H20F3N3O2. The van der Waals surface area contributed by atoms with Crippen LogP contribution in [0.3, 0.4) is 0 Å². The summed E-state index contributed by atoms with van der Waals surface area (Å²) in [5.74, 6) is 1.46. The van der Waals surface area contributed by atoms with Crippen molar-refractivity contribution in [1.29, 1.82) is 0 Å². The lowest BCUT2D eigenvalue weighted by molar-refractivity contribution is -0.346. The van der Waals surface area contributed by atoms with Crippen LogP contribution in [0.5, 0.6) is 0 Å². The Labute approximate surface area is 137 Å². The van der Waals surface area contributed by atoms with Gasteiger partial charge in [-0.05, 0) is 38.5 Å². The van der Waals surface area contributed by atoms with Gasteiger partial charge in [-0.3, -0.25) is 14.4 Å². The molecule has 0 spiro atoms. The molecule has 1 saturated heterocycles. The van der Waals surface area contributed by atoms with E-state index in [1.54, 1.807) is 6.92 Å². The van der Waals surface area contributed by atoms with E-state index in [9.17, 15) is 18.0 Å². The normalized spacial score (nSPS) is 30.8. The summed E-state index contributed by atoms with van der Waals surface area (Å²) in [6.45, 7) is 2.96. The van der Waals surface area contributed by atoms with Gasteiger partial charge in [0.1, 0.15) is 5.82 Å². The highest BCUT2D eigenvalue weighted by atomic mass is 19.4. The highest BCUT2D eigenvalue weighted by Gasteiger charge is 2.52. The van der Waals surface area contributed by atoms with Crippen LogP contribution < -0.4 is 5.56 Å². The summed E-state index contributed by atoms with van der Waals surface area (Å²) in [7, 11) is 0. The number of piperidine rings is 1. The second kappa shape index (κ2) is 5.56. The SMILES string of the molecule is Cc1nc2c(c(=O)[nH]1)CC(N1CCC(OC(F)(F)F)CC1)C1CC21. The fraction of sp³-hybridized carbons (Fsp3) is 0.750. The Kier molecular flexibility index (Phi) is 3.72. The van der Waals surface area contributed by atoms with Gasteiger partial charge in [-0.1, -0.05) is 0 Å². The van der Waals surface area contributed by atoms with Gasteiger partial charge in [0.25, 0.3) is 5.56 Å². The Balaban J connectivity index is 1.45. The number of rotatable bonds is 2. The summed E-state index contributed by atoms with van der Waals surface area (Å²) in [6, 6.07) is 0.236. The summed E-state index contributed by atoms with van der Waals surface area (Å²) in [5, 5.41) is 0. The summed E-state index contributed by atoms with van der Waals surface area (Å²) < 4.78 is 41.1. The summed E-state index contributed by atoms with van der Waals surface area (Å²) >= 11 is 0. The van der Waals surface area contributed by atoms with Crippen molar-refractivity contribution >= 4 is 0 Å². The van der Waals surface area contributed by atoms with Gasteiger partial charge in [0.2, 0.25) is 0 Å². The monoisotopic (exact) mass is 343 g/mol. The minimum Gasteiger partial charge on any atom is -0.311 e. The molecule has 1 aromatic heterocycles. The van der Waals surface area contributed by atoms with Crippen LogP contribution in [0.15, 0.2) is 4.79 Å². The maximum absolute atomic E-state index is 12.3. The minimum atomic E-state index is -4.56. The van der Waals surface area contributed by atoms with Crippen molar-refractivity contribution in [3.63, 3.8) is 0 Å². The maximum Gasteiger partial charge on any atom is 0.522 e. The first kappa shape index (κ1) is 16.1. The van der Waals surface area contributed by atoms with Crippen LogP contribution in [0.1, 0.15) is 42.3 Å². The molecule has 1 aromatic rings. The van der Waals surface area contributed by atoms with Crippen LogP contribution in [0.4, 0.5) is 13.2 Å². The Bertz CT molecular complexity index is 695. The summed E-state index contributed by atoms with van der Waals surface area (Å²) in [4.78, 5) is 21.7. The molecule has 3 unspecified atom stereocenters. The van der Waals surface area contributed by atoms with E-state index in [0.29, 0.717) is 50.0 Å². The van der Waals surface area contributed by atoms with E-state index in [4.69, 9.17) is 0 Å². The van der Waals surface area contributed by atoms with E-state index in [-0.39, 0.29) is 11.6 Å². The largest absolute Gasteiger partial charge is 0.522 e.